The van der Waals surface area contributed by atoms with Gasteiger partial charge in [-0.2, -0.15) is 0 Å². The van der Waals surface area contributed by atoms with Gasteiger partial charge in [0.25, 0.3) is 5.91 Å². The summed E-state index contributed by atoms with van der Waals surface area (Å²) in [5.41, 5.74) is 1.82. The number of ether oxygens (including phenoxy) is 4. The maximum absolute atomic E-state index is 14.1. The van der Waals surface area contributed by atoms with Crippen LogP contribution < -0.4 is 14.8 Å². The highest BCUT2D eigenvalue weighted by molar-refractivity contribution is 6.74. The first-order valence-electron chi connectivity index (χ1n) is 18.8. The van der Waals surface area contributed by atoms with E-state index in [0.717, 1.165) is 16.7 Å². The number of hydrogen-bond acceptors (Lipinski definition) is 8. The van der Waals surface area contributed by atoms with Crippen molar-refractivity contribution in [1.29, 1.82) is 0 Å². The lowest BCUT2D eigenvalue weighted by Crippen LogP contribution is -2.59. The Labute approximate surface area is 330 Å². The molecular formula is C44H53N3O8Si. The average molecular weight is 780 g/mol. The molecule has 0 bridgehead atoms. The van der Waals surface area contributed by atoms with Crippen molar-refractivity contribution in [3.05, 3.63) is 144 Å². The summed E-state index contributed by atoms with van der Waals surface area (Å²) in [5, 5.41) is 14.9. The second-order valence-electron chi connectivity index (χ2n) is 15.6. The molecule has 296 valence electrons. The van der Waals surface area contributed by atoms with Crippen LogP contribution in [0.5, 0.6) is 11.5 Å². The molecule has 0 radical (unpaired) electrons. The molecule has 5 atom stereocenters. The van der Waals surface area contributed by atoms with E-state index in [-0.39, 0.29) is 17.6 Å². The number of urea groups is 1. The summed E-state index contributed by atoms with van der Waals surface area (Å²) >= 11 is 0. The van der Waals surface area contributed by atoms with Gasteiger partial charge in [0, 0.05) is 18.8 Å². The third kappa shape index (κ3) is 8.11. The van der Waals surface area contributed by atoms with Crippen molar-refractivity contribution in [3.8, 4) is 11.5 Å². The van der Waals surface area contributed by atoms with E-state index in [1.165, 1.54) is 9.80 Å². The quantitative estimate of drug-likeness (QED) is 0.109. The highest BCUT2D eigenvalue weighted by Crippen LogP contribution is 2.44. The fraction of sp³-hybridized carbons (Fsp3) is 0.364. The second-order valence-corrected chi connectivity index (χ2v) is 20.4. The maximum atomic E-state index is 14.1. The van der Waals surface area contributed by atoms with E-state index in [4.69, 9.17) is 23.4 Å². The Hall–Kier alpha value is -4.98. The van der Waals surface area contributed by atoms with E-state index in [1.54, 1.807) is 57.8 Å². The van der Waals surface area contributed by atoms with Gasteiger partial charge in [0.1, 0.15) is 41.6 Å². The number of aliphatic hydroxyl groups excluding tert-OH is 1. The zero-order valence-corrected chi connectivity index (χ0v) is 34.3. The number of hydrogen-bond donors (Lipinski definition) is 2. The minimum atomic E-state index is -2.53. The van der Waals surface area contributed by atoms with Gasteiger partial charge < -0.3 is 38.7 Å². The Morgan fingerprint density at radius 2 is 1.34 bits per heavy atom. The summed E-state index contributed by atoms with van der Waals surface area (Å²) in [6.07, 6.45) is -1.37. The van der Waals surface area contributed by atoms with Crippen LogP contribution in [0.25, 0.3) is 0 Å². The molecule has 11 nitrogen and oxygen atoms in total. The monoisotopic (exact) mass is 779 g/mol. The Morgan fingerprint density at radius 3 is 1.86 bits per heavy atom. The molecule has 2 aliphatic rings. The van der Waals surface area contributed by atoms with Crippen molar-refractivity contribution in [2.75, 3.05) is 27.9 Å². The molecule has 56 heavy (non-hydrogen) atoms. The zero-order chi connectivity index (χ0) is 40.3. The van der Waals surface area contributed by atoms with E-state index in [0.29, 0.717) is 17.1 Å². The number of methoxy groups -OCH3 is 2. The molecular weight excluding hydrogens is 727 g/mol. The number of nitrogens with zero attached hydrogens (tertiary/aromatic N) is 2. The molecule has 6 rings (SSSR count). The van der Waals surface area contributed by atoms with Gasteiger partial charge in [-0.3, -0.25) is 9.69 Å². The van der Waals surface area contributed by atoms with Gasteiger partial charge in [-0.15, -0.1) is 0 Å². The first kappa shape index (κ1) is 40.7. The summed E-state index contributed by atoms with van der Waals surface area (Å²) < 4.78 is 31.7. The predicted molar refractivity (Wildman–Crippen MR) is 217 cm³/mol. The predicted octanol–water partition coefficient (Wildman–Crippen LogP) is 7.13. The topological polar surface area (TPSA) is 119 Å². The number of rotatable bonds is 13. The summed E-state index contributed by atoms with van der Waals surface area (Å²) in [7, 11) is 2.33. The molecule has 0 aromatic heterocycles. The van der Waals surface area contributed by atoms with E-state index in [1.807, 2.05) is 84.9 Å². The fourth-order valence-electron chi connectivity index (χ4n) is 6.82. The van der Waals surface area contributed by atoms with Gasteiger partial charge in [-0.25, -0.2) is 4.79 Å². The normalized spacial score (nSPS) is 21.6. The van der Waals surface area contributed by atoms with Gasteiger partial charge >= 0.3 is 6.03 Å². The van der Waals surface area contributed by atoms with E-state index < -0.39 is 50.7 Å². The van der Waals surface area contributed by atoms with Crippen LogP contribution in [-0.2, 0) is 19.5 Å². The molecule has 0 spiro atoms. The Kier molecular flexibility index (Phi) is 12.1. The summed E-state index contributed by atoms with van der Waals surface area (Å²) in [6.45, 7) is 10.5. The van der Waals surface area contributed by atoms with Gasteiger partial charge in [0.05, 0.1) is 20.8 Å². The zero-order valence-electron chi connectivity index (χ0n) is 33.3. The first-order valence-corrected chi connectivity index (χ1v) is 21.7. The lowest BCUT2D eigenvalue weighted by atomic mass is 9.80. The number of likely N-dealkylation sites (N-methyl/N-ethyl adjacent to an activating group) is 1. The van der Waals surface area contributed by atoms with E-state index >= 15 is 0 Å². The molecule has 5 unspecified atom stereocenters. The van der Waals surface area contributed by atoms with Gasteiger partial charge in [-0.05, 0) is 77.3 Å². The number of nitrogens with one attached hydrogen (secondary N) is 1. The molecule has 4 aromatic rings. The van der Waals surface area contributed by atoms with Gasteiger partial charge in [0.15, 0.2) is 14.5 Å². The standard InChI is InChI=1S/C44H53N3O8Si/c1-43(2,3)56(7,8)55-39-38(48)36(54-41(39)47-28-27-37(46(4)42(47)50)45-40(49)30-15-11-9-12-16-30)29-53-44(31-17-13-10-14-18-31,32-19-23-34(51-5)24-20-32)33-21-25-35(52-6)26-22-33/h9-28,36-39,41,48H,29H2,1-8H3,(H,45,49). The van der Waals surface area contributed by atoms with Crippen molar-refractivity contribution in [2.24, 2.45) is 0 Å². The van der Waals surface area contributed by atoms with Crippen LogP contribution in [0.3, 0.4) is 0 Å². The van der Waals surface area contributed by atoms with Crippen LogP contribution in [0.2, 0.25) is 18.1 Å². The molecule has 2 N–H and O–H groups in total. The van der Waals surface area contributed by atoms with Crippen molar-refractivity contribution < 1.29 is 38.1 Å². The van der Waals surface area contributed by atoms with E-state index in [2.05, 4.69) is 39.2 Å². The molecule has 2 heterocycles. The lowest BCUT2D eigenvalue weighted by molar-refractivity contribution is -0.102. The van der Waals surface area contributed by atoms with Crippen molar-refractivity contribution in [3.63, 3.8) is 0 Å². The van der Waals surface area contributed by atoms with Crippen LogP contribution >= 0.6 is 0 Å². The van der Waals surface area contributed by atoms with Crippen LogP contribution in [-0.4, -0.2) is 93.7 Å². The molecule has 0 aliphatic carbocycles. The fourth-order valence-corrected chi connectivity index (χ4v) is 8.11. The molecule has 4 aromatic carbocycles. The molecule has 2 aliphatic heterocycles. The smallest absolute Gasteiger partial charge is 0.327 e. The molecule has 3 amide bonds. The number of benzene rings is 4. The maximum Gasteiger partial charge on any atom is 0.327 e. The van der Waals surface area contributed by atoms with Crippen molar-refractivity contribution in [2.45, 2.75) is 75.2 Å². The molecule has 12 heteroatoms. The molecule has 1 fully saturated rings. The summed E-state index contributed by atoms with van der Waals surface area (Å²) in [5.74, 6) is 1.08. The van der Waals surface area contributed by atoms with E-state index in [9.17, 15) is 14.7 Å². The number of carbonyl (C=O) groups excluding carboxylic acids is 2. The third-order valence-corrected chi connectivity index (χ3v) is 15.6. The largest absolute Gasteiger partial charge is 0.497 e. The van der Waals surface area contributed by atoms with Crippen molar-refractivity contribution >= 4 is 20.3 Å². The minimum absolute atomic E-state index is 0.0701. The number of aliphatic hydroxyl groups is 1. The second kappa shape index (κ2) is 16.6. The van der Waals surface area contributed by atoms with Gasteiger partial charge in [0.2, 0.25) is 0 Å². The Balaban J connectivity index is 1.36. The summed E-state index contributed by atoms with van der Waals surface area (Å²) in [4.78, 5) is 30.0. The average Bonchev–Trinajstić information content (AvgIpc) is 3.50. The SMILES string of the molecule is COc1ccc(C(OCC2OC(N3C=CC(NC(=O)c4ccccc4)N(C)C3=O)C(O[Si](C)(C)C(C)(C)C)C2O)(c2ccccc2)c2ccc(OC)cc2)cc1. The number of carbonyl (C=O) groups is 2. The van der Waals surface area contributed by atoms with Crippen LogP contribution in [0.15, 0.2) is 121 Å². The molecule has 0 saturated carbocycles. The number of amides is 3. The highest BCUT2D eigenvalue weighted by atomic mass is 28.4. The third-order valence-electron chi connectivity index (χ3n) is 11.1. The van der Waals surface area contributed by atoms with Crippen LogP contribution in [0, 0.1) is 0 Å². The minimum Gasteiger partial charge on any atom is -0.497 e. The lowest BCUT2D eigenvalue weighted by Gasteiger charge is -2.43. The van der Waals surface area contributed by atoms with Crippen LogP contribution in [0.4, 0.5) is 4.79 Å². The summed E-state index contributed by atoms with van der Waals surface area (Å²) in [6, 6.07) is 33.7. The Bertz CT molecular complexity index is 1920. The highest BCUT2D eigenvalue weighted by Gasteiger charge is 2.54. The van der Waals surface area contributed by atoms with Crippen LogP contribution in [0.1, 0.15) is 47.8 Å². The first-order chi connectivity index (χ1) is 26.7. The Morgan fingerprint density at radius 1 is 0.821 bits per heavy atom. The van der Waals surface area contributed by atoms with Crippen molar-refractivity contribution in [1.82, 2.24) is 15.1 Å². The molecule has 1 saturated heterocycles. The van der Waals surface area contributed by atoms with Gasteiger partial charge in [-0.1, -0.05) is 93.6 Å².